The molecule has 0 saturated carbocycles. The molecule has 32 heavy (non-hydrogen) atoms. The zero-order valence-electron chi connectivity index (χ0n) is 18.2. The maximum Gasteiger partial charge on any atom is 0.227 e. The Morgan fingerprint density at radius 2 is 1.66 bits per heavy atom. The molecule has 0 bridgehead atoms. The predicted molar refractivity (Wildman–Crippen MR) is 126 cm³/mol. The molecule has 1 heterocycles. The maximum atomic E-state index is 13.2. The molecule has 0 radical (unpaired) electrons. The van der Waals surface area contributed by atoms with Gasteiger partial charge in [-0.25, -0.2) is 0 Å². The first kappa shape index (κ1) is 21.6. The van der Waals surface area contributed by atoms with Gasteiger partial charge in [-0.3, -0.25) is 9.59 Å². The molecule has 1 saturated heterocycles. The molecule has 1 N–H and O–H groups in total. The molecule has 0 aliphatic carbocycles. The van der Waals surface area contributed by atoms with Crippen LogP contribution < -0.4 is 15.0 Å². The van der Waals surface area contributed by atoms with Crippen LogP contribution in [0.5, 0.6) is 5.75 Å². The van der Waals surface area contributed by atoms with Crippen LogP contribution in [-0.4, -0.2) is 25.0 Å². The number of carbonyl (C=O) groups excluding carboxylic acids is 2. The average Bonchev–Trinajstić information content (AvgIpc) is 3.22. The Balaban J connectivity index is 1.45. The largest absolute Gasteiger partial charge is 0.494 e. The summed E-state index contributed by atoms with van der Waals surface area (Å²) in [6, 6.07) is 27.4. The Labute approximate surface area is 189 Å². The molecule has 3 aromatic carbocycles. The summed E-state index contributed by atoms with van der Waals surface area (Å²) < 4.78 is 5.48. The number of ether oxygens (including phenoxy) is 1. The predicted octanol–water partition coefficient (Wildman–Crippen LogP) is 4.54. The van der Waals surface area contributed by atoms with Crippen molar-refractivity contribution < 1.29 is 14.3 Å². The molecule has 4 rings (SSSR count). The number of amides is 2. The second-order valence-corrected chi connectivity index (χ2v) is 7.99. The van der Waals surface area contributed by atoms with E-state index in [4.69, 9.17) is 4.74 Å². The molecule has 0 unspecified atom stereocenters. The van der Waals surface area contributed by atoms with Crippen LogP contribution in [0.15, 0.2) is 84.9 Å². The number of benzene rings is 3. The Morgan fingerprint density at radius 3 is 2.31 bits per heavy atom. The molecule has 1 aliphatic rings. The summed E-state index contributed by atoms with van der Waals surface area (Å²) in [5.41, 5.74) is 3.00. The van der Waals surface area contributed by atoms with Crippen molar-refractivity contribution in [2.24, 2.45) is 5.92 Å². The number of nitrogens with one attached hydrogen (secondary N) is 1. The zero-order chi connectivity index (χ0) is 22.3. The standard InChI is InChI=1S/C27H28N2O3/c1-2-32-24-15-13-23(14-16-24)29-19-22(18-26(29)30)27(31)28-25(21-11-7-4-8-12-21)17-20-9-5-3-6-10-20/h3-16,22,25H,2,17-19H2,1H3,(H,28,31)/t22-,25-/m0/s1. The van der Waals surface area contributed by atoms with Crippen LogP contribution in [0.1, 0.15) is 30.5 Å². The fourth-order valence-electron chi connectivity index (χ4n) is 4.10. The van der Waals surface area contributed by atoms with Crippen LogP contribution in [0, 0.1) is 5.92 Å². The Bertz CT molecular complexity index is 1040. The average molecular weight is 429 g/mol. The van der Waals surface area contributed by atoms with Gasteiger partial charge in [-0.2, -0.15) is 0 Å². The van der Waals surface area contributed by atoms with Gasteiger partial charge < -0.3 is 15.0 Å². The van der Waals surface area contributed by atoms with E-state index in [-0.39, 0.29) is 30.2 Å². The molecule has 5 heteroatoms. The van der Waals surface area contributed by atoms with Gasteiger partial charge in [0, 0.05) is 18.7 Å². The minimum absolute atomic E-state index is 0.0337. The summed E-state index contributed by atoms with van der Waals surface area (Å²) in [7, 11) is 0. The van der Waals surface area contributed by atoms with Gasteiger partial charge in [-0.1, -0.05) is 60.7 Å². The van der Waals surface area contributed by atoms with Crippen LogP contribution in [0.4, 0.5) is 5.69 Å². The minimum Gasteiger partial charge on any atom is -0.494 e. The second kappa shape index (κ2) is 10.1. The van der Waals surface area contributed by atoms with Gasteiger partial charge in [-0.05, 0) is 48.7 Å². The highest BCUT2D eigenvalue weighted by Gasteiger charge is 2.36. The third-order valence-electron chi connectivity index (χ3n) is 5.76. The second-order valence-electron chi connectivity index (χ2n) is 7.99. The molecular weight excluding hydrogens is 400 g/mol. The lowest BCUT2D eigenvalue weighted by Gasteiger charge is -2.22. The Morgan fingerprint density at radius 1 is 1.00 bits per heavy atom. The maximum absolute atomic E-state index is 13.2. The van der Waals surface area contributed by atoms with Crippen LogP contribution in [0.3, 0.4) is 0 Å². The SMILES string of the molecule is CCOc1ccc(N2C[C@@H](C(=O)N[C@@H](Cc3ccccc3)c3ccccc3)CC2=O)cc1. The van der Waals surface area contributed by atoms with Gasteiger partial charge in [0.15, 0.2) is 0 Å². The lowest BCUT2D eigenvalue weighted by atomic mass is 9.97. The number of hydrogen-bond donors (Lipinski definition) is 1. The van der Waals surface area contributed by atoms with Crippen LogP contribution >= 0.6 is 0 Å². The molecule has 3 aromatic rings. The van der Waals surface area contributed by atoms with Gasteiger partial charge >= 0.3 is 0 Å². The van der Waals surface area contributed by atoms with E-state index in [0.717, 1.165) is 22.6 Å². The van der Waals surface area contributed by atoms with E-state index in [1.165, 1.54) is 0 Å². The van der Waals surface area contributed by atoms with Gasteiger partial charge in [0.2, 0.25) is 11.8 Å². The van der Waals surface area contributed by atoms with E-state index in [0.29, 0.717) is 19.6 Å². The first-order chi connectivity index (χ1) is 15.6. The summed E-state index contributed by atoms with van der Waals surface area (Å²) >= 11 is 0. The first-order valence-electron chi connectivity index (χ1n) is 11.1. The van der Waals surface area contributed by atoms with Crippen LogP contribution in [0.2, 0.25) is 0 Å². The highest BCUT2D eigenvalue weighted by Crippen LogP contribution is 2.28. The Kier molecular flexibility index (Phi) is 6.85. The number of anilines is 1. The number of rotatable bonds is 8. The monoisotopic (exact) mass is 428 g/mol. The van der Waals surface area contributed by atoms with Crippen LogP contribution in [-0.2, 0) is 16.0 Å². The molecule has 5 nitrogen and oxygen atoms in total. The number of carbonyl (C=O) groups is 2. The van der Waals surface area contributed by atoms with Crippen molar-refractivity contribution in [1.29, 1.82) is 0 Å². The summed E-state index contributed by atoms with van der Waals surface area (Å²) in [6.45, 7) is 2.91. The molecule has 164 valence electrons. The van der Waals surface area contributed by atoms with Crippen molar-refractivity contribution in [2.75, 3.05) is 18.1 Å². The van der Waals surface area contributed by atoms with E-state index in [9.17, 15) is 9.59 Å². The molecule has 2 atom stereocenters. The lowest BCUT2D eigenvalue weighted by molar-refractivity contribution is -0.127. The third-order valence-corrected chi connectivity index (χ3v) is 5.76. The first-order valence-corrected chi connectivity index (χ1v) is 11.1. The summed E-state index contributed by atoms with van der Waals surface area (Å²) in [4.78, 5) is 27.5. The van der Waals surface area contributed by atoms with Crippen molar-refractivity contribution in [3.8, 4) is 5.75 Å². The fraction of sp³-hybridized carbons (Fsp3) is 0.259. The van der Waals surface area contributed by atoms with Crippen LogP contribution in [0.25, 0.3) is 0 Å². The normalized spacial score (nSPS) is 16.6. The summed E-state index contributed by atoms with van der Waals surface area (Å²) in [5, 5.41) is 3.20. The highest BCUT2D eigenvalue weighted by atomic mass is 16.5. The molecule has 0 aromatic heterocycles. The van der Waals surface area contributed by atoms with Gasteiger partial charge in [0.1, 0.15) is 5.75 Å². The highest BCUT2D eigenvalue weighted by molar-refractivity contribution is 6.00. The third kappa shape index (κ3) is 5.17. The lowest BCUT2D eigenvalue weighted by Crippen LogP contribution is -2.36. The molecule has 1 aliphatic heterocycles. The Hall–Kier alpha value is -3.60. The summed E-state index contributed by atoms with van der Waals surface area (Å²) in [5.74, 6) is 0.269. The number of hydrogen-bond acceptors (Lipinski definition) is 3. The molecule has 2 amide bonds. The van der Waals surface area contributed by atoms with Crippen molar-refractivity contribution in [3.63, 3.8) is 0 Å². The van der Waals surface area contributed by atoms with E-state index in [1.807, 2.05) is 79.7 Å². The quantitative estimate of drug-likeness (QED) is 0.573. The minimum atomic E-state index is -0.379. The van der Waals surface area contributed by atoms with Gasteiger partial charge in [0.05, 0.1) is 18.6 Å². The van der Waals surface area contributed by atoms with Gasteiger partial charge in [0.25, 0.3) is 0 Å². The van der Waals surface area contributed by atoms with E-state index in [2.05, 4.69) is 17.4 Å². The van der Waals surface area contributed by atoms with Crippen molar-refractivity contribution in [1.82, 2.24) is 5.32 Å². The topological polar surface area (TPSA) is 58.6 Å². The smallest absolute Gasteiger partial charge is 0.227 e. The zero-order valence-corrected chi connectivity index (χ0v) is 18.2. The molecule has 1 fully saturated rings. The molecular formula is C27H28N2O3. The van der Waals surface area contributed by atoms with E-state index < -0.39 is 0 Å². The van der Waals surface area contributed by atoms with Gasteiger partial charge in [-0.15, -0.1) is 0 Å². The summed E-state index contributed by atoms with van der Waals surface area (Å²) in [6.07, 6.45) is 0.908. The van der Waals surface area contributed by atoms with E-state index in [1.54, 1.807) is 4.90 Å². The van der Waals surface area contributed by atoms with Crippen molar-refractivity contribution in [2.45, 2.75) is 25.8 Å². The van der Waals surface area contributed by atoms with Crippen molar-refractivity contribution >= 4 is 17.5 Å². The molecule has 0 spiro atoms. The number of nitrogens with zero attached hydrogens (tertiary/aromatic N) is 1. The van der Waals surface area contributed by atoms with E-state index >= 15 is 0 Å². The fourth-order valence-corrected chi connectivity index (χ4v) is 4.10. The van der Waals surface area contributed by atoms with Crippen molar-refractivity contribution in [3.05, 3.63) is 96.1 Å².